The van der Waals surface area contributed by atoms with Gasteiger partial charge in [-0.1, -0.05) is 367 Å². The summed E-state index contributed by atoms with van der Waals surface area (Å²) in [4.78, 5) is 0. The van der Waals surface area contributed by atoms with E-state index in [1.165, 1.54) is 347 Å². The largest absolute Gasteiger partial charge is 0.0654 e. The summed E-state index contributed by atoms with van der Waals surface area (Å²) in [6.07, 6.45) is 80.2. The van der Waals surface area contributed by atoms with E-state index in [4.69, 9.17) is 0 Å². The molecule has 0 radical (unpaired) electrons. The van der Waals surface area contributed by atoms with Crippen LogP contribution < -0.4 is 0 Å². The zero-order chi connectivity index (χ0) is 41.8. The van der Waals surface area contributed by atoms with Crippen LogP contribution in [0.2, 0.25) is 0 Å². The Balaban J connectivity index is 3.10. The fraction of sp³-hybridized carbons (Fsp3) is 1.00. The van der Waals surface area contributed by atoms with E-state index in [0.29, 0.717) is 0 Å². The van der Waals surface area contributed by atoms with Gasteiger partial charge in [0.2, 0.25) is 0 Å². The molecule has 1 atom stereocenters. The van der Waals surface area contributed by atoms with E-state index in [1.807, 2.05) is 0 Å². The smallest absolute Gasteiger partial charge is 0.0443 e. The van der Waals surface area contributed by atoms with Gasteiger partial charge in [0.25, 0.3) is 0 Å². The minimum absolute atomic E-state index is 0.964. The Kier molecular flexibility index (Phi) is 55.0. The molecule has 0 aliphatic rings. The van der Waals surface area contributed by atoms with Gasteiger partial charge in [-0.2, -0.15) is 0 Å². The summed E-state index contributed by atoms with van der Waals surface area (Å²) in [5.41, 5.74) is 0. The number of unbranched alkanes of at least 4 members (excludes halogenated alkanes) is 50. The predicted octanol–water partition coefficient (Wildman–Crippen LogP) is 22.7. The first-order chi connectivity index (χ1) is 28.8. The van der Waals surface area contributed by atoms with Crippen LogP contribution in [0.4, 0.5) is 0 Å². The molecule has 350 valence electrons. The topological polar surface area (TPSA) is 0 Å². The average molecular weight is 816 g/mol. The molecule has 58 heavy (non-hydrogen) atoms. The van der Waals surface area contributed by atoms with E-state index in [-0.39, 0.29) is 0 Å². The van der Waals surface area contributed by atoms with Crippen LogP contribution in [-0.2, 0) is 0 Å². The van der Waals surface area contributed by atoms with Crippen LogP contribution in [0.5, 0.6) is 0 Å². The van der Waals surface area contributed by atoms with Crippen molar-refractivity contribution in [2.24, 2.45) is 5.92 Å². The summed E-state index contributed by atoms with van der Waals surface area (Å²) in [6.45, 7) is 7.14. The molecule has 0 aliphatic heterocycles. The maximum atomic E-state index is 2.51. The Morgan fingerprint density at radius 1 is 0.155 bits per heavy atom. The quantitative estimate of drug-likeness (QED) is 0.0537. The van der Waals surface area contributed by atoms with Crippen molar-refractivity contribution in [1.82, 2.24) is 0 Å². The fourth-order valence-electron chi connectivity index (χ4n) is 9.76. The second-order valence-electron chi connectivity index (χ2n) is 20.4. The highest BCUT2D eigenvalue weighted by Gasteiger charge is 2.03. The predicted molar refractivity (Wildman–Crippen MR) is 270 cm³/mol. The molecule has 0 aliphatic carbocycles. The second kappa shape index (κ2) is 55.0. The molecule has 0 heteroatoms. The highest BCUT2D eigenvalue weighted by Crippen LogP contribution is 2.21. The van der Waals surface area contributed by atoms with E-state index in [0.717, 1.165) is 5.92 Å². The minimum atomic E-state index is 0.964. The zero-order valence-corrected chi connectivity index (χ0v) is 41.8. The summed E-state index contributed by atoms with van der Waals surface area (Å²) >= 11 is 0. The van der Waals surface area contributed by atoms with E-state index in [1.54, 1.807) is 0 Å². The molecule has 0 aromatic carbocycles. The molecule has 0 aromatic heterocycles. The number of hydrogen-bond donors (Lipinski definition) is 0. The van der Waals surface area contributed by atoms with E-state index in [9.17, 15) is 0 Å². The molecule has 0 aromatic rings. The summed E-state index contributed by atoms with van der Waals surface area (Å²) in [5.74, 6) is 0.964. The molecular weight excluding hydrogens is 697 g/mol. The van der Waals surface area contributed by atoms with Crippen LogP contribution in [0.25, 0.3) is 0 Å². The van der Waals surface area contributed by atoms with Crippen LogP contribution in [0.15, 0.2) is 0 Å². The Morgan fingerprint density at radius 2 is 0.259 bits per heavy atom. The zero-order valence-electron chi connectivity index (χ0n) is 41.8. The molecule has 0 rings (SSSR count). The Morgan fingerprint density at radius 3 is 0.379 bits per heavy atom. The van der Waals surface area contributed by atoms with Crippen molar-refractivity contribution < 1.29 is 0 Å². The van der Waals surface area contributed by atoms with Crippen molar-refractivity contribution in [3.8, 4) is 0 Å². The minimum Gasteiger partial charge on any atom is -0.0654 e. The van der Waals surface area contributed by atoms with Crippen LogP contribution >= 0.6 is 0 Å². The number of rotatable bonds is 54. The second-order valence-corrected chi connectivity index (χ2v) is 20.4. The van der Waals surface area contributed by atoms with Crippen LogP contribution in [0.3, 0.4) is 0 Å². The monoisotopic (exact) mass is 815 g/mol. The third-order valence-electron chi connectivity index (χ3n) is 14.1. The van der Waals surface area contributed by atoms with Crippen LogP contribution in [-0.4, -0.2) is 0 Å². The lowest BCUT2D eigenvalue weighted by Gasteiger charge is -2.11. The Labute approximate surface area is 372 Å². The van der Waals surface area contributed by atoms with Gasteiger partial charge in [-0.25, -0.2) is 0 Å². The molecule has 0 saturated heterocycles. The third-order valence-corrected chi connectivity index (χ3v) is 14.1. The van der Waals surface area contributed by atoms with Crippen LogP contribution in [0.1, 0.15) is 367 Å². The van der Waals surface area contributed by atoms with Gasteiger partial charge < -0.3 is 0 Å². The van der Waals surface area contributed by atoms with Crippen LogP contribution in [0, 0.1) is 5.92 Å². The van der Waals surface area contributed by atoms with Gasteiger partial charge in [0, 0.05) is 0 Å². The van der Waals surface area contributed by atoms with E-state index >= 15 is 0 Å². The molecule has 0 amide bonds. The first-order valence-electron chi connectivity index (χ1n) is 28.8. The average Bonchev–Trinajstić information content (AvgIpc) is 3.23. The normalized spacial score (nSPS) is 12.3. The molecule has 1 unspecified atom stereocenters. The molecule has 0 nitrogen and oxygen atoms in total. The van der Waals surface area contributed by atoms with Crippen molar-refractivity contribution in [3.63, 3.8) is 0 Å². The lowest BCUT2D eigenvalue weighted by atomic mass is 9.95. The molecule has 0 N–H and O–H groups in total. The Bertz CT molecular complexity index is 665. The lowest BCUT2D eigenvalue weighted by Crippen LogP contribution is -1.95. The molecular formula is C58H118. The van der Waals surface area contributed by atoms with E-state index < -0.39 is 0 Å². The van der Waals surface area contributed by atoms with Crippen molar-refractivity contribution in [2.75, 3.05) is 0 Å². The van der Waals surface area contributed by atoms with Gasteiger partial charge in [-0.15, -0.1) is 0 Å². The summed E-state index contributed by atoms with van der Waals surface area (Å²) in [6, 6.07) is 0. The molecule has 0 saturated carbocycles. The summed E-state index contributed by atoms with van der Waals surface area (Å²) in [7, 11) is 0. The molecule has 0 bridgehead atoms. The van der Waals surface area contributed by atoms with E-state index in [2.05, 4.69) is 20.8 Å². The van der Waals surface area contributed by atoms with Crippen molar-refractivity contribution >= 4 is 0 Å². The van der Waals surface area contributed by atoms with Crippen molar-refractivity contribution in [3.05, 3.63) is 0 Å². The number of hydrogen-bond acceptors (Lipinski definition) is 0. The first-order valence-corrected chi connectivity index (χ1v) is 28.8. The van der Waals surface area contributed by atoms with Gasteiger partial charge in [0.05, 0.1) is 0 Å². The molecule has 0 spiro atoms. The lowest BCUT2D eigenvalue weighted by molar-refractivity contribution is 0.429. The van der Waals surface area contributed by atoms with Gasteiger partial charge >= 0.3 is 0 Å². The first kappa shape index (κ1) is 58.0. The fourth-order valence-corrected chi connectivity index (χ4v) is 9.76. The van der Waals surface area contributed by atoms with Gasteiger partial charge in [-0.3, -0.25) is 0 Å². The van der Waals surface area contributed by atoms with Crippen molar-refractivity contribution in [1.29, 1.82) is 0 Å². The molecule has 0 heterocycles. The van der Waals surface area contributed by atoms with Gasteiger partial charge in [0.15, 0.2) is 0 Å². The Hall–Kier alpha value is 0. The highest BCUT2D eigenvalue weighted by atomic mass is 14.1. The van der Waals surface area contributed by atoms with Crippen molar-refractivity contribution in [2.45, 2.75) is 367 Å². The highest BCUT2D eigenvalue weighted by molar-refractivity contribution is 4.57. The SMILES string of the molecule is CCCCCCCCCCCCCCCCCCCCCCCCCCCCCCCCCCCCCCCCCCCCC(C)CCCCCCCCCCCC. The maximum absolute atomic E-state index is 2.51. The van der Waals surface area contributed by atoms with Gasteiger partial charge in [-0.05, 0) is 5.92 Å². The summed E-state index contributed by atoms with van der Waals surface area (Å²) in [5, 5.41) is 0. The third kappa shape index (κ3) is 54.0. The standard InChI is InChI=1S/C58H118/c1-4-6-8-10-12-14-16-17-18-19-20-21-22-23-24-25-26-27-28-29-30-31-32-33-34-35-36-37-38-39-40-41-42-43-44-45-46-47-49-51-53-55-57-58(3)56-54-52-50-48-15-13-11-9-7-5-2/h58H,4-57H2,1-3H3. The molecule has 0 fully saturated rings. The summed E-state index contributed by atoms with van der Waals surface area (Å²) < 4.78 is 0. The van der Waals surface area contributed by atoms with Gasteiger partial charge in [0.1, 0.15) is 0 Å². The maximum Gasteiger partial charge on any atom is -0.0443 e.